The first-order chi connectivity index (χ1) is 34.2. The average molecular weight is 993 g/mol. The van der Waals surface area contributed by atoms with Gasteiger partial charge in [-0.15, -0.1) is 0 Å². The van der Waals surface area contributed by atoms with Crippen LogP contribution in [0.5, 0.6) is 23.0 Å². The molecule has 1 unspecified atom stereocenters. The van der Waals surface area contributed by atoms with Gasteiger partial charge in [-0.1, -0.05) is 64.1 Å². The number of fused-ring (bicyclic) bond motifs is 8. The number of hydrogen-bond acceptors (Lipinski definition) is 10. The molecule has 4 N–H and O–H groups in total. The van der Waals surface area contributed by atoms with E-state index in [9.17, 15) is 19.2 Å². The average Bonchev–Trinajstić information content (AvgIpc) is 3.30. The molecule has 0 saturated heterocycles. The Morgan fingerprint density at radius 1 is 0.458 bits per heavy atom. The summed E-state index contributed by atoms with van der Waals surface area (Å²) >= 11 is 0. The Labute approximate surface area is 428 Å². The predicted molar refractivity (Wildman–Crippen MR) is 281 cm³/mol. The lowest BCUT2D eigenvalue weighted by atomic mass is 9.89. The van der Waals surface area contributed by atoms with Gasteiger partial charge in [0.05, 0.1) is 26.4 Å². The highest BCUT2D eigenvalue weighted by molar-refractivity contribution is 5.86. The summed E-state index contributed by atoms with van der Waals surface area (Å²) in [6.07, 6.45) is 3.70. The lowest BCUT2D eigenvalue weighted by molar-refractivity contribution is -0.123. The topological polar surface area (TPSA) is 172 Å². The van der Waals surface area contributed by atoms with E-state index in [-0.39, 0.29) is 24.9 Å². The molecule has 1 aliphatic carbocycles. The molecule has 0 aliphatic heterocycles. The maximum atomic E-state index is 13.5. The van der Waals surface area contributed by atoms with Crippen LogP contribution in [-0.2, 0) is 57.8 Å². The normalized spacial score (nSPS) is 13.2. The van der Waals surface area contributed by atoms with Gasteiger partial charge in [0.25, 0.3) is 0 Å². The first-order valence-electron chi connectivity index (χ1n) is 25.8. The zero-order chi connectivity index (χ0) is 52.6. The van der Waals surface area contributed by atoms with Crippen LogP contribution in [0.25, 0.3) is 0 Å². The largest absolute Gasteiger partial charge is 0.493 e. The van der Waals surface area contributed by atoms with Gasteiger partial charge in [0.1, 0.15) is 46.3 Å². The van der Waals surface area contributed by atoms with Gasteiger partial charge in [0.2, 0.25) is 11.8 Å². The van der Waals surface area contributed by atoms with E-state index in [4.69, 9.17) is 28.4 Å². The molecule has 8 bridgehead atoms. The quantitative estimate of drug-likeness (QED) is 0.0588. The van der Waals surface area contributed by atoms with E-state index < -0.39 is 35.5 Å². The molecule has 5 rings (SSSR count). The van der Waals surface area contributed by atoms with Gasteiger partial charge < -0.3 is 49.7 Å². The standard InChI is InChI=1S/C58H80N4O10/c1-13-23-67-49-41-19-17-20-42(49)32-46-28-40(36-60-54(64)38(6)62-56(66)72-58(10,11)12)30-48(52(46)70-26-16-4)34-44-22-18-21-43(50(44)68-24-14-2)33-47-29-39(27-45(31-41)51(47)69-25-15-3)35-59-53(63)37(5)61-55(65)71-57(7,8)9/h17-22,27-30,37-38H,13-16,23-26,31-36H2,1-12H3,(H,59,63)(H,60,64)(H,61,65)(H,62,66)/t37-,38?/m0/s1. The van der Waals surface area contributed by atoms with Gasteiger partial charge in [0.15, 0.2) is 0 Å². The second kappa shape index (κ2) is 26.3. The van der Waals surface area contributed by atoms with Crippen molar-refractivity contribution in [1.82, 2.24) is 21.3 Å². The second-order valence-corrected chi connectivity index (χ2v) is 20.6. The zero-order valence-corrected chi connectivity index (χ0v) is 44.9. The van der Waals surface area contributed by atoms with Crippen molar-refractivity contribution in [2.45, 2.75) is 171 Å². The molecule has 0 heterocycles. The number of carbonyl (C=O) groups is 4. The van der Waals surface area contributed by atoms with Crippen molar-refractivity contribution in [3.8, 4) is 23.0 Å². The van der Waals surface area contributed by atoms with Crippen molar-refractivity contribution < 1.29 is 47.6 Å². The number of nitrogens with one attached hydrogen (secondary N) is 4. The Balaban J connectivity index is 1.68. The number of rotatable bonds is 20. The number of alkyl carbamates (subject to hydrolysis) is 2. The molecule has 2 atom stereocenters. The number of carbonyl (C=O) groups excluding carboxylic acids is 4. The van der Waals surface area contributed by atoms with Crippen molar-refractivity contribution in [2.75, 3.05) is 26.4 Å². The summed E-state index contributed by atoms with van der Waals surface area (Å²) in [7, 11) is 0. The molecule has 0 saturated carbocycles. The van der Waals surface area contributed by atoms with Crippen LogP contribution in [-0.4, -0.2) is 73.7 Å². The number of hydrogen-bond donors (Lipinski definition) is 4. The van der Waals surface area contributed by atoms with E-state index in [1.807, 2.05) is 0 Å². The Hall–Kier alpha value is -6.44. The minimum Gasteiger partial charge on any atom is -0.493 e. The lowest BCUT2D eigenvalue weighted by Crippen LogP contribution is -2.46. The van der Waals surface area contributed by atoms with Crippen LogP contribution in [0.2, 0.25) is 0 Å². The summed E-state index contributed by atoms with van der Waals surface area (Å²) in [5.74, 6) is 2.41. The van der Waals surface area contributed by atoms with E-state index in [1.165, 1.54) is 0 Å². The predicted octanol–water partition coefficient (Wildman–Crippen LogP) is 10.6. The molecule has 14 heteroatoms. The Morgan fingerprint density at radius 3 is 0.972 bits per heavy atom. The van der Waals surface area contributed by atoms with Crippen molar-refractivity contribution in [3.63, 3.8) is 0 Å². The van der Waals surface area contributed by atoms with Gasteiger partial charge in [-0.3, -0.25) is 9.59 Å². The molecule has 0 spiro atoms. The maximum Gasteiger partial charge on any atom is 0.408 e. The highest BCUT2D eigenvalue weighted by Gasteiger charge is 2.26. The molecule has 14 nitrogen and oxygen atoms in total. The third-order valence-corrected chi connectivity index (χ3v) is 11.5. The van der Waals surface area contributed by atoms with Gasteiger partial charge in [-0.25, -0.2) is 9.59 Å². The van der Waals surface area contributed by atoms with Crippen LogP contribution in [0.1, 0.15) is 164 Å². The van der Waals surface area contributed by atoms with Crippen LogP contribution in [0.15, 0.2) is 60.7 Å². The third-order valence-electron chi connectivity index (χ3n) is 11.5. The fourth-order valence-electron chi connectivity index (χ4n) is 8.38. The first kappa shape index (κ1) is 56.5. The van der Waals surface area contributed by atoms with Gasteiger partial charge in [-0.05, 0) is 161 Å². The highest BCUT2D eigenvalue weighted by atomic mass is 16.6. The molecule has 0 radical (unpaired) electrons. The summed E-state index contributed by atoms with van der Waals surface area (Å²) < 4.78 is 37.8. The molecule has 4 aromatic carbocycles. The van der Waals surface area contributed by atoms with E-state index in [0.29, 0.717) is 52.1 Å². The second-order valence-electron chi connectivity index (χ2n) is 20.6. The lowest BCUT2D eigenvalue weighted by Gasteiger charge is -2.24. The molecule has 392 valence electrons. The van der Waals surface area contributed by atoms with Gasteiger partial charge >= 0.3 is 12.2 Å². The Kier molecular flexibility index (Phi) is 20.6. The molecule has 4 aromatic rings. The van der Waals surface area contributed by atoms with Gasteiger partial charge in [-0.2, -0.15) is 0 Å². The summed E-state index contributed by atoms with van der Waals surface area (Å²) in [5.41, 5.74) is 7.93. The Morgan fingerprint density at radius 2 is 0.722 bits per heavy atom. The molecular formula is C58H80N4O10. The summed E-state index contributed by atoms with van der Waals surface area (Å²) in [6.45, 7) is 24.6. The summed E-state index contributed by atoms with van der Waals surface area (Å²) in [4.78, 5) is 52.1. The van der Waals surface area contributed by atoms with Crippen LogP contribution < -0.4 is 40.2 Å². The smallest absolute Gasteiger partial charge is 0.408 e. The van der Waals surface area contributed by atoms with E-state index in [2.05, 4.69) is 110 Å². The van der Waals surface area contributed by atoms with Crippen LogP contribution in [0.4, 0.5) is 9.59 Å². The highest BCUT2D eigenvalue weighted by Crippen LogP contribution is 2.40. The fraction of sp³-hybridized carbons (Fsp3) is 0.517. The molecule has 1 aliphatic rings. The minimum absolute atomic E-state index is 0.197. The number of para-hydroxylation sites is 2. The van der Waals surface area contributed by atoms with E-state index >= 15 is 0 Å². The number of ether oxygens (including phenoxy) is 6. The number of benzene rings is 4. The van der Waals surface area contributed by atoms with Crippen LogP contribution in [0.3, 0.4) is 0 Å². The molecular weight excluding hydrogens is 913 g/mol. The van der Waals surface area contributed by atoms with Crippen LogP contribution in [0, 0.1) is 0 Å². The van der Waals surface area contributed by atoms with Crippen molar-refractivity contribution in [3.05, 3.63) is 116 Å². The molecule has 0 fully saturated rings. The maximum absolute atomic E-state index is 13.5. The number of amides is 4. The van der Waals surface area contributed by atoms with Crippen molar-refractivity contribution >= 4 is 24.0 Å². The van der Waals surface area contributed by atoms with E-state index in [1.54, 1.807) is 55.4 Å². The summed E-state index contributed by atoms with van der Waals surface area (Å²) in [5, 5.41) is 11.4. The fourth-order valence-corrected chi connectivity index (χ4v) is 8.38. The minimum atomic E-state index is -0.842. The summed E-state index contributed by atoms with van der Waals surface area (Å²) in [6, 6.07) is 19.2. The SMILES string of the molecule is CCCOc1c2cccc1Cc1cc(CNC(=O)[C@H](C)NC(=O)OC(C)(C)C)cc(c1OCCC)Cc1cccc(c1OCCC)Cc1cc(CNC(=O)C(C)NC(=O)OC(C)(C)C)cc(c1OCCC)C2. The molecule has 72 heavy (non-hydrogen) atoms. The van der Waals surface area contributed by atoms with Gasteiger partial charge in [0, 0.05) is 38.8 Å². The van der Waals surface area contributed by atoms with Crippen molar-refractivity contribution in [1.29, 1.82) is 0 Å². The molecule has 0 aromatic heterocycles. The van der Waals surface area contributed by atoms with Crippen molar-refractivity contribution in [2.24, 2.45) is 0 Å². The van der Waals surface area contributed by atoms with E-state index in [0.717, 1.165) is 104 Å². The third kappa shape index (κ3) is 16.8. The monoisotopic (exact) mass is 993 g/mol. The molecule has 4 amide bonds. The Bertz CT molecular complexity index is 2230. The first-order valence-corrected chi connectivity index (χ1v) is 25.8. The zero-order valence-electron chi connectivity index (χ0n) is 44.9. The van der Waals surface area contributed by atoms with Crippen LogP contribution >= 0.6 is 0 Å².